The number of nitrogens with one attached hydrogen (secondary N) is 2. The van der Waals surface area contributed by atoms with Gasteiger partial charge in [-0.2, -0.15) is 0 Å². The van der Waals surface area contributed by atoms with Crippen molar-refractivity contribution in [1.82, 2.24) is 0 Å². The molecule has 5 nitrogen and oxygen atoms in total. The molecular weight excluding hydrogens is 548 g/mol. The first-order valence-electron chi connectivity index (χ1n) is 10.2. The summed E-state index contributed by atoms with van der Waals surface area (Å²) in [5.41, 5.74) is 3.75. The molecule has 2 N–H and O–H groups in total. The highest BCUT2D eigenvalue weighted by Crippen LogP contribution is 2.32. The van der Waals surface area contributed by atoms with Crippen molar-refractivity contribution in [1.29, 1.82) is 0 Å². The number of carbonyl (C=O) groups excluding carboxylic acids is 1. The number of Topliss-reactive ketones (excluding diaryl/α,β-unsaturated/α-hetero) is 1. The zero-order valence-electron chi connectivity index (χ0n) is 18.1. The molecule has 0 saturated carbocycles. The van der Waals surface area contributed by atoms with Gasteiger partial charge in [0.2, 0.25) is 5.78 Å². The maximum atomic E-state index is 13.4. The minimum atomic E-state index is -0.301. The lowest BCUT2D eigenvalue weighted by atomic mass is 10.0. The molecule has 7 heteroatoms. The second-order valence-electron chi connectivity index (χ2n) is 7.38. The van der Waals surface area contributed by atoms with E-state index in [9.17, 15) is 4.79 Å². The second-order valence-corrected chi connectivity index (χ2v) is 9.22. The van der Waals surface area contributed by atoms with E-state index < -0.39 is 0 Å². The molecule has 0 bridgehead atoms. The summed E-state index contributed by atoms with van der Waals surface area (Å²) in [7, 11) is 3.19. The summed E-state index contributed by atoms with van der Waals surface area (Å²) in [6.45, 7) is 0. The number of methoxy groups -OCH3 is 2. The second kappa shape index (κ2) is 10.3. The van der Waals surface area contributed by atoms with Gasteiger partial charge in [0.05, 0.1) is 26.0 Å². The Hall–Kier alpha value is -3.03. The van der Waals surface area contributed by atoms with Gasteiger partial charge in [-0.25, -0.2) is 0 Å². The zero-order chi connectivity index (χ0) is 23.4. The summed E-state index contributed by atoms with van der Waals surface area (Å²) in [6, 6.07) is 20.8. The van der Waals surface area contributed by atoms with Gasteiger partial charge in [0.15, 0.2) is 11.5 Å². The predicted molar refractivity (Wildman–Crippen MR) is 140 cm³/mol. The molecule has 0 aliphatic heterocycles. The molecule has 168 valence electrons. The quantitative estimate of drug-likeness (QED) is 0.311. The molecule has 0 spiro atoms. The van der Waals surface area contributed by atoms with E-state index in [-0.39, 0.29) is 11.8 Å². The van der Waals surface area contributed by atoms with Gasteiger partial charge in [0, 0.05) is 25.9 Å². The lowest BCUT2D eigenvalue weighted by Gasteiger charge is -2.15. The van der Waals surface area contributed by atoms with Gasteiger partial charge in [-0.15, -0.1) is 0 Å². The van der Waals surface area contributed by atoms with Crippen LogP contribution in [0.2, 0.25) is 0 Å². The van der Waals surface area contributed by atoms with Crippen LogP contribution in [0.25, 0.3) is 6.08 Å². The van der Waals surface area contributed by atoms with E-state index in [4.69, 9.17) is 9.47 Å². The number of benzene rings is 3. The van der Waals surface area contributed by atoms with Crippen molar-refractivity contribution < 1.29 is 14.3 Å². The van der Waals surface area contributed by atoms with Crippen molar-refractivity contribution in [3.05, 3.63) is 98.6 Å². The molecule has 1 atom stereocenters. The average molecular weight is 570 g/mol. The number of ether oxygens (including phenoxy) is 2. The smallest absolute Gasteiger partial charge is 0.207 e. The van der Waals surface area contributed by atoms with Gasteiger partial charge in [-0.1, -0.05) is 37.9 Å². The topological polar surface area (TPSA) is 59.6 Å². The van der Waals surface area contributed by atoms with Gasteiger partial charge in [0.1, 0.15) is 0 Å². The molecular formula is C26H22Br2N2O3. The van der Waals surface area contributed by atoms with Crippen molar-refractivity contribution >= 4 is 55.1 Å². The van der Waals surface area contributed by atoms with Crippen molar-refractivity contribution in [2.24, 2.45) is 0 Å². The highest BCUT2D eigenvalue weighted by molar-refractivity contribution is 9.10. The van der Waals surface area contributed by atoms with Crippen LogP contribution >= 0.6 is 31.9 Å². The SMILES string of the molecule is COc1ccc(/C=C2\C(=O)C(Nc3ccc(Br)cc3)=C[C@@H]2Nc2ccc(Br)cc2)cc1OC. The number of anilines is 2. The van der Waals surface area contributed by atoms with Gasteiger partial charge in [0.25, 0.3) is 0 Å². The van der Waals surface area contributed by atoms with E-state index in [1.54, 1.807) is 14.2 Å². The zero-order valence-corrected chi connectivity index (χ0v) is 21.2. The molecule has 0 radical (unpaired) electrons. The van der Waals surface area contributed by atoms with E-state index >= 15 is 0 Å². The highest BCUT2D eigenvalue weighted by atomic mass is 79.9. The molecule has 0 unspecified atom stereocenters. The first-order chi connectivity index (χ1) is 16.0. The van der Waals surface area contributed by atoms with Crippen molar-refractivity contribution in [3.63, 3.8) is 0 Å². The van der Waals surface area contributed by atoms with Crippen LogP contribution in [0.15, 0.2) is 93.0 Å². The van der Waals surface area contributed by atoms with Crippen LogP contribution in [0.5, 0.6) is 11.5 Å². The Morgan fingerprint density at radius 3 is 2.03 bits per heavy atom. The van der Waals surface area contributed by atoms with Gasteiger partial charge in [-0.3, -0.25) is 4.79 Å². The lowest BCUT2D eigenvalue weighted by molar-refractivity contribution is -0.111. The minimum absolute atomic E-state index is 0.0673. The molecule has 33 heavy (non-hydrogen) atoms. The van der Waals surface area contributed by atoms with Crippen molar-refractivity contribution in [3.8, 4) is 11.5 Å². The van der Waals surface area contributed by atoms with Crippen LogP contribution in [0.3, 0.4) is 0 Å². The number of hydrogen-bond acceptors (Lipinski definition) is 5. The average Bonchev–Trinajstić information content (AvgIpc) is 3.10. The van der Waals surface area contributed by atoms with Gasteiger partial charge < -0.3 is 20.1 Å². The van der Waals surface area contributed by atoms with Crippen LogP contribution in [0.4, 0.5) is 11.4 Å². The van der Waals surface area contributed by atoms with Gasteiger partial charge in [-0.05, 0) is 78.4 Å². The number of carbonyl (C=O) groups is 1. The first-order valence-corrected chi connectivity index (χ1v) is 11.8. The third-order valence-corrected chi connectivity index (χ3v) is 6.25. The molecule has 0 heterocycles. The normalized spacial score (nSPS) is 16.5. The molecule has 3 aromatic rings. The summed E-state index contributed by atoms with van der Waals surface area (Å²) in [5, 5.41) is 6.71. The Balaban J connectivity index is 1.68. The third-order valence-electron chi connectivity index (χ3n) is 5.19. The Labute approximate surface area is 209 Å². The molecule has 3 aromatic carbocycles. The number of allylic oxidation sites excluding steroid dienone is 1. The maximum absolute atomic E-state index is 13.4. The van der Waals surface area contributed by atoms with Crippen molar-refractivity contribution in [2.75, 3.05) is 24.9 Å². The highest BCUT2D eigenvalue weighted by Gasteiger charge is 2.30. The first kappa shape index (κ1) is 23.1. The van der Waals surface area contributed by atoms with Crippen LogP contribution in [0, 0.1) is 0 Å². The summed E-state index contributed by atoms with van der Waals surface area (Å²) in [4.78, 5) is 13.4. The standard InChI is InChI=1S/C26H22Br2N2O3/c1-32-24-12-3-16(14-25(24)33-2)13-21-22(29-19-8-4-17(27)5-9-19)15-23(26(21)31)30-20-10-6-18(28)7-11-20/h3-15,22,29-30H,1-2H3/b21-13-/t22-/m0/s1. The maximum Gasteiger partial charge on any atom is 0.207 e. The van der Waals surface area contributed by atoms with E-state index in [1.807, 2.05) is 78.9 Å². The number of halogens is 2. The van der Waals surface area contributed by atoms with Crippen LogP contribution in [-0.4, -0.2) is 26.0 Å². The predicted octanol–water partition coefficient (Wildman–Crippen LogP) is 6.67. The fourth-order valence-electron chi connectivity index (χ4n) is 3.54. The number of rotatable bonds is 7. The van der Waals surface area contributed by atoms with Crippen LogP contribution in [0.1, 0.15) is 5.56 Å². The monoisotopic (exact) mass is 568 g/mol. The van der Waals surface area contributed by atoms with E-state index in [0.717, 1.165) is 25.9 Å². The van der Waals surface area contributed by atoms with Gasteiger partial charge >= 0.3 is 0 Å². The van der Waals surface area contributed by atoms with E-state index in [0.29, 0.717) is 22.8 Å². The number of hydrogen-bond donors (Lipinski definition) is 2. The van der Waals surface area contributed by atoms with Crippen molar-refractivity contribution in [2.45, 2.75) is 6.04 Å². The molecule has 0 amide bonds. The fraction of sp³-hybridized carbons (Fsp3) is 0.115. The fourth-order valence-corrected chi connectivity index (χ4v) is 4.07. The Kier molecular flexibility index (Phi) is 7.20. The Bertz CT molecular complexity index is 1220. The summed E-state index contributed by atoms with van der Waals surface area (Å²) >= 11 is 6.90. The lowest BCUT2D eigenvalue weighted by Crippen LogP contribution is -2.19. The summed E-state index contributed by atoms with van der Waals surface area (Å²) in [5.74, 6) is 1.18. The number of ketones is 1. The van der Waals surface area contributed by atoms with E-state index in [2.05, 4.69) is 42.5 Å². The molecule has 1 aliphatic rings. The van der Waals surface area contributed by atoms with E-state index in [1.165, 1.54) is 0 Å². The van der Waals surface area contributed by atoms with Crippen LogP contribution < -0.4 is 20.1 Å². The minimum Gasteiger partial charge on any atom is -0.493 e. The molecule has 1 aliphatic carbocycles. The van der Waals surface area contributed by atoms with Crippen LogP contribution in [-0.2, 0) is 4.79 Å². The summed E-state index contributed by atoms with van der Waals surface area (Å²) in [6.07, 6.45) is 3.80. The largest absolute Gasteiger partial charge is 0.493 e. The summed E-state index contributed by atoms with van der Waals surface area (Å²) < 4.78 is 12.7. The molecule has 0 saturated heterocycles. The Morgan fingerprint density at radius 2 is 1.42 bits per heavy atom. The molecule has 0 aromatic heterocycles. The molecule has 4 rings (SSSR count). The Morgan fingerprint density at radius 1 is 0.818 bits per heavy atom. The third kappa shape index (κ3) is 5.49. The molecule has 0 fully saturated rings.